The Morgan fingerprint density at radius 3 is 1.67 bits per heavy atom. The molecule has 11 rings (SSSR count). The number of rotatable bonds is 6. The number of hydrogen-bond donors (Lipinski definition) is 0. The van der Waals surface area contributed by atoms with Gasteiger partial charge in [-0.25, -0.2) is 0 Å². The lowest BCUT2D eigenvalue weighted by Gasteiger charge is -2.26. The molecule has 0 amide bonds. The second-order valence-corrected chi connectivity index (χ2v) is 14.2. The number of nitrogens with zero attached hydrogens (tertiary/aromatic N) is 2. The summed E-state index contributed by atoms with van der Waals surface area (Å²) in [6.07, 6.45) is 0. The van der Waals surface area contributed by atoms with Crippen molar-refractivity contribution in [1.29, 1.82) is 0 Å². The van der Waals surface area contributed by atoms with Crippen molar-refractivity contribution in [3.05, 3.63) is 206 Å². The van der Waals surface area contributed by atoms with E-state index in [9.17, 15) is 0 Å². The topological polar surface area (TPSA) is 21.3 Å². The van der Waals surface area contributed by atoms with Crippen LogP contribution in [-0.4, -0.2) is 4.57 Å². The van der Waals surface area contributed by atoms with Crippen LogP contribution in [0.1, 0.15) is 0 Å². The summed E-state index contributed by atoms with van der Waals surface area (Å²) in [7, 11) is 0. The highest BCUT2D eigenvalue weighted by molar-refractivity contribution is 6.15. The van der Waals surface area contributed by atoms with Crippen LogP contribution in [0.5, 0.6) is 0 Å². The lowest BCUT2D eigenvalue weighted by Crippen LogP contribution is -2.10. The van der Waals surface area contributed by atoms with Crippen molar-refractivity contribution in [2.75, 3.05) is 4.90 Å². The zero-order chi connectivity index (χ0) is 36.3. The van der Waals surface area contributed by atoms with Gasteiger partial charge in [0.05, 0.1) is 11.0 Å². The Morgan fingerprint density at radius 1 is 0.345 bits per heavy atom. The number of furan rings is 1. The Labute approximate surface area is 318 Å². The monoisotopic (exact) mass is 702 g/mol. The molecule has 0 aliphatic rings. The Hall–Kier alpha value is -7.36. The molecule has 3 heteroatoms. The third-order valence-corrected chi connectivity index (χ3v) is 11.0. The second kappa shape index (κ2) is 12.6. The first-order valence-electron chi connectivity index (χ1n) is 18.8. The van der Waals surface area contributed by atoms with E-state index >= 15 is 0 Å². The van der Waals surface area contributed by atoms with E-state index in [1.807, 2.05) is 0 Å². The molecule has 0 bridgehead atoms. The van der Waals surface area contributed by atoms with Gasteiger partial charge >= 0.3 is 0 Å². The third-order valence-electron chi connectivity index (χ3n) is 11.0. The van der Waals surface area contributed by atoms with E-state index < -0.39 is 0 Å². The summed E-state index contributed by atoms with van der Waals surface area (Å²) in [6, 6.07) is 73.9. The van der Waals surface area contributed by atoms with Gasteiger partial charge in [0.2, 0.25) is 0 Å². The molecule has 55 heavy (non-hydrogen) atoms. The highest BCUT2D eigenvalue weighted by atomic mass is 16.3. The molecule has 0 aliphatic heterocycles. The largest absolute Gasteiger partial charge is 0.455 e. The summed E-state index contributed by atoms with van der Waals surface area (Å²) in [5.41, 5.74) is 13.3. The van der Waals surface area contributed by atoms with E-state index in [-0.39, 0.29) is 0 Å². The Balaban J connectivity index is 1.03. The number of hydrogen-bond acceptors (Lipinski definition) is 2. The first-order chi connectivity index (χ1) is 27.3. The zero-order valence-corrected chi connectivity index (χ0v) is 29.9. The molecule has 2 heterocycles. The van der Waals surface area contributed by atoms with Crippen molar-refractivity contribution in [3.8, 4) is 27.9 Å². The van der Waals surface area contributed by atoms with Crippen LogP contribution < -0.4 is 4.90 Å². The van der Waals surface area contributed by atoms with Gasteiger partial charge < -0.3 is 13.9 Å². The Morgan fingerprint density at radius 2 is 0.909 bits per heavy atom. The smallest absolute Gasteiger partial charge is 0.143 e. The van der Waals surface area contributed by atoms with Crippen molar-refractivity contribution >= 4 is 71.6 Å². The fourth-order valence-electron chi connectivity index (χ4n) is 8.32. The molecule has 3 nitrogen and oxygen atoms in total. The van der Waals surface area contributed by atoms with Crippen molar-refractivity contribution in [2.45, 2.75) is 0 Å². The van der Waals surface area contributed by atoms with Gasteiger partial charge in [-0.3, -0.25) is 0 Å². The third kappa shape index (κ3) is 5.20. The second-order valence-electron chi connectivity index (χ2n) is 14.2. The number of para-hydroxylation sites is 2. The summed E-state index contributed by atoms with van der Waals surface area (Å²) >= 11 is 0. The molecule has 0 spiro atoms. The van der Waals surface area contributed by atoms with Crippen LogP contribution in [-0.2, 0) is 0 Å². The van der Waals surface area contributed by atoms with E-state index in [1.54, 1.807) is 0 Å². The average Bonchev–Trinajstić information content (AvgIpc) is 3.80. The van der Waals surface area contributed by atoms with Crippen LogP contribution in [0.15, 0.2) is 211 Å². The molecule has 0 N–H and O–H groups in total. The molecule has 0 unspecified atom stereocenters. The van der Waals surface area contributed by atoms with Gasteiger partial charge in [-0.15, -0.1) is 0 Å². The minimum atomic E-state index is 0.899. The highest BCUT2D eigenvalue weighted by Gasteiger charge is 2.18. The van der Waals surface area contributed by atoms with Crippen molar-refractivity contribution in [2.24, 2.45) is 0 Å². The number of fused-ring (bicyclic) bond motifs is 8. The molecule has 0 radical (unpaired) electrons. The van der Waals surface area contributed by atoms with Gasteiger partial charge in [0, 0.05) is 49.7 Å². The lowest BCUT2D eigenvalue weighted by atomic mass is 10.0. The predicted molar refractivity (Wildman–Crippen MR) is 231 cm³/mol. The Bertz CT molecular complexity index is 3180. The fourth-order valence-corrected chi connectivity index (χ4v) is 8.32. The van der Waals surface area contributed by atoms with Gasteiger partial charge in [-0.2, -0.15) is 0 Å². The van der Waals surface area contributed by atoms with E-state index in [4.69, 9.17) is 4.42 Å². The van der Waals surface area contributed by atoms with Gasteiger partial charge in [-0.05, 0) is 107 Å². The minimum absolute atomic E-state index is 0.899. The Kier molecular flexibility index (Phi) is 7.17. The molecule has 0 saturated heterocycles. The van der Waals surface area contributed by atoms with E-state index in [0.29, 0.717) is 0 Å². The first-order valence-corrected chi connectivity index (χ1v) is 18.8. The molecule has 2 aromatic heterocycles. The van der Waals surface area contributed by atoms with Gasteiger partial charge in [-0.1, -0.05) is 127 Å². The van der Waals surface area contributed by atoms with Gasteiger partial charge in [0.25, 0.3) is 0 Å². The summed E-state index contributed by atoms with van der Waals surface area (Å²) in [5, 5.41) is 7.05. The summed E-state index contributed by atoms with van der Waals surface area (Å²) in [6.45, 7) is 0. The minimum Gasteiger partial charge on any atom is -0.455 e. The van der Waals surface area contributed by atoms with Crippen LogP contribution in [0, 0.1) is 0 Å². The number of aromatic nitrogens is 1. The van der Waals surface area contributed by atoms with E-state index in [1.165, 1.54) is 38.3 Å². The summed E-state index contributed by atoms with van der Waals surface area (Å²) < 4.78 is 8.90. The molecule has 0 saturated carbocycles. The standard InChI is InChI=1S/C52H34N2O/c1-3-11-35(12-4-1)36-19-25-41(26-20-36)53(43-29-32-50-48(34-43)45-17-9-10-18-49(45)54(50)40-14-5-2-6-15-40)42-27-21-37(22-28-42)39-24-30-46-47-31-23-38-13-7-8-16-44(38)52(47)55-51(46)33-39/h1-34H. The maximum atomic E-state index is 6.53. The molecule has 0 aliphatic carbocycles. The van der Waals surface area contributed by atoms with Crippen LogP contribution >= 0.6 is 0 Å². The van der Waals surface area contributed by atoms with E-state index in [0.717, 1.165) is 61.2 Å². The average molecular weight is 703 g/mol. The molecule has 9 aromatic carbocycles. The van der Waals surface area contributed by atoms with Crippen LogP contribution in [0.3, 0.4) is 0 Å². The SMILES string of the molecule is c1ccc(-c2ccc(N(c3ccc(-c4ccc5c(c4)oc4c6ccccc6ccc54)cc3)c3ccc4c(c3)c3ccccc3n4-c3ccccc3)cc2)cc1. The summed E-state index contributed by atoms with van der Waals surface area (Å²) in [5.74, 6) is 0. The molecular weight excluding hydrogens is 669 g/mol. The maximum absolute atomic E-state index is 6.53. The predicted octanol–water partition coefficient (Wildman–Crippen LogP) is 14.6. The first kappa shape index (κ1) is 31.2. The van der Waals surface area contributed by atoms with Crippen molar-refractivity contribution in [3.63, 3.8) is 0 Å². The van der Waals surface area contributed by atoms with E-state index in [2.05, 4.69) is 216 Å². The molecule has 258 valence electrons. The molecule has 0 fully saturated rings. The van der Waals surface area contributed by atoms with Gasteiger partial charge in [0.15, 0.2) is 0 Å². The van der Waals surface area contributed by atoms with Crippen molar-refractivity contribution in [1.82, 2.24) is 4.57 Å². The fraction of sp³-hybridized carbons (Fsp3) is 0. The zero-order valence-electron chi connectivity index (χ0n) is 29.9. The summed E-state index contributed by atoms with van der Waals surface area (Å²) in [4.78, 5) is 2.36. The van der Waals surface area contributed by atoms with Crippen LogP contribution in [0.25, 0.3) is 82.5 Å². The molecule has 11 aromatic rings. The lowest BCUT2D eigenvalue weighted by molar-refractivity contribution is 0.673. The van der Waals surface area contributed by atoms with Gasteiger partial charge in [0.1, 0.15) is 11.2 Å². The van der Waals surface area contributed by atoms with Crippen LogP contribution in [0.2, 0.25) is 0 Å². The van der Waals surface area contributed by atoms with Crippen molar-refractivity contribution < 1.29 is 4.42 Å². The molecular formula is C52H34N2O. The molecule has 0 atom stereocenters. The highest BCUT2D eigenvalue weighted by Crippen LogP contribution is 2.41. The number of benzene rings is 9. The number of anilines is 3. The maximum Gasteiger partial charge on any atom is 0.143 e. The van der Waals surface area contributed by atoms with Crippen LogP contribution in [0.4, 0.5) is 17.1 Å². The normalized spacial score (nSPS) is 11.6. The quantitative estimate of drug-likeness (QED) is 0.172.